The molecule has 1 aliphatic carbocycles. The zero-order valence-corrected chi connectivity index (χ0v) is 17.4. The molecule has 7 heteroatoms. The summed E-state index contributed by atoms with van der Waals surface area (Å²) in [6.07, 6.45) is 5.44. The normalized spacial score (nSPS) is 19.7. The van der Waals surface area contributed by atoms with E-state index in [1.807, 2.05) is 22.8 Å². The number of hydrogen-bond donors (Lipinski definition) is 2. The highest BCUT2D eigenvalue weighted by molar-refractivity contribution is 7.22. The van der Waals surface area contributed by atoms with Gasteiger partial charge in [-0.05, 0) is 73.9 Å². The van der Waals surface area contributed by atoms with Crippen LogP contribution in [0.1, 0.15) is 31.2 Å². The summed E-state index contributed by atoms with van der Waals surface area (Å²) in [6.45, 7) is 2.06. The zero-order valence-electron chi connectivity index (χ0n) is 16.6. The third-order valence-electron chi connectivity index (χ3n) is 5.65. The van der Waals surface area contributed by atoms with Crippen molar-refractivity contribution in [2.24, 2.45) is 0 Å². The molecular weight excluding hydrogens is 384 g/mol. The highest BCUT2D eigenvalue weighted by Crippen LogP contribution is 2.37. The molecule has 0 aliphatic heterocycles. The molecule has 3 heterocycles. The number of aromatic nitrogens is 3. The lowest BCUT2D eigenvalue weighted by atomic mass is 9.93. The SMILES string of the molecule is COc1cc2sc(-c3cnc4ccc(N[C@@H]5CCC[C@H](O)C5)nn34)cc2cc1C. The second-order valence-electron chi connectivity index (χ2n) is 7.76. The minimum absolute atomic E-state index is 0.215. The third kappa shape index (κ3) is 3.45. The van der Waals surface area contributed by atoms with E-state index in [0.29, 0.717) is 0 Å². The van der Waals surface area contributed by atoms with Crippen LogP contribution in [0.2, 0.25) is 0 Å². The molecule has 2 N–H and O–H groups in total. The standard InChI is InChI=1S/C22H24N4O2S/c1-13-8-14-9-20(29-19(14)11-18(13)28-2)17-12-23-22-7-6-21(25-26(17)22)24-15-4-3-5-16(27)10-15/h6-9,11-12,15-16,27H,3-5,10H2,1-2H3,(H,24,25)/t15-,16+/m1/s1. The van der Waals surface area contributed by atoms with Crippen LogP contribution in [0.3, 0.4) is 0 Å². The third-order valence-corrected chi connectivity index (χ3v) is 6.77. The van der Waals surface area contributed by atoms with E-state index in [4.69, 9.17) is 9.84 Å². The number of hydrogen-bond acceptors (Lipinski definition) is 6. The Morgan fingerprint density at radius 3 is 2.97 bits per heavy atom. The Balaban J connectivity index is 1.51. The van der Waals surface area contributed by atoms with E-state index in [-0.39, 0.29) is 12.1 Å². The van der Waals surface area contributed by atoms with Crippen molar-refractivity contribution in [2.45, 2.75) is 44.8 Å². The number of aliphatic hydroxyl groups excluding tert-OH is 1. The van der Waals surface area contributed by atoms with Crippen LogP contribution < -0.4 is 10.1 Å². The number of benzene rings is 1. The molecular formula is C22H24N4O2S. The predicted octanol–water partition coefficient (Wildman–Crippen LogP) is 4.64. The summed E-state index contributed by atoms with van der Waals surface area (Å²) in [6, 6.07) is 10.7. The Hall–Kier alpha value is -2.64. The van der Waals surface area contributed by atoms with Gasteiger partial charge in [0.15, 0.2) is 5.65 Å². The average molecular weight is 409 g/mol. The van der Waals surface area contributed by atoms with Gasteiger partial charge in [0, 0.05) is 10.7 Å². The van der Waals surface area contributed by atoms with Crippen molar-refractivity contribution < 1.29 is 9.84 Å². The van der Waals surface area contributed by atoms with Crippen molar-refractivity contribution in [1.82, 2.24) is 14.6 Å². The molecule has 6 nitrogen and oxygen atoms in total. The summed E-state index contributed by atoms with van der Waals surface area (Å²) in [5.41, 5.74) is 2.92. The number of aryl methyl sites for hydroxylation is 1. The first-order valence-corrected chi connectivity index (χ1v) is 10.8. The first kappa shape index (κ1) is 18.4. The van der Waals surface area contributed by atoms with Crippen molar-refractivity contribution >= 4 is 32.9 Å². The van der Waals surface area contributed by atoms with Crippen LogP contribution in [0.4, 0.5) is 5.82 Å². The molecule has 0 amide bonds. The number of aliphatic hydroxyl groups is 1. The summed E-state index contributed by atoms with van der Waals surface area (Å²) >= 11 is 1.72. The average Bonchev–Trinajstić information content (AvgIpc) is 3.30. The van der Waals surface area contributed by atoms with Gasteiger partial charge in [0.1, 0.15) is 17.3 Å². The number of rotatable bonds is 4. The molecule has 150 valence electrons. The molecule has 0 bridgehead atoms. The van der Waals surface area contributed by atoms with Gasteiger partial charge in [0.2, 0.25) is 0 Å². The van der Waals surface area contributed by atoms with Crippen molar-refractivity contribution in [1.29, 1.82) is 0 Å². The van der Waals surface area contributed by atoms with E-state index in [1.54, 1.807) is 18.4 Å². The minimum Gasteiger partial charge on any atom is -0.496 e. The van der Waals surface area contributed by atoms with Crippen molar-refractivity contribution in [3.05, 3.63) is 42.1 Å². The van der Waals surface area contributed by atoms with Crippen LogP contribution in [0.25, 0.3) is 26.3 Å². The van der Waals surface area contributed by atoms with Gasteiger partial charge in [-0.3, -0.25) is 0 Å². The van der Waals surface area contributed by atoms with Gasteiger partial charge in [-0.1, -0.05) is 0 Å². The number of nitrogens with one attached hydrogen (secondary N) is 1. The predicted molar refractivity (Wildman–Crippen MR) is 117 cm³/mol. The van der Waals surface area contributed by atoms with Gasteiger partial charge in [0.25, 0.3) is 0 Å². The first-order valence-electron chi connectivity index (χ1n) is 9.98. The summed E-state index contributed by atoms with van der Waals surface area (Å²) in [5, 5.41) is 19.4. The maximum atomic E-state index is 9.93. The maximum Gasteiger partial charge on any atom is 0.154 e. The lowest BCUT2D eigenvalue weighted by Gasteiger charge is -2.26. The number of nitrogens with zero attached hydrogens (tertiary/aromatic N) is 3. The van der Waals surface area contributed by atoms with Gasteiger partial charge >= 0.3 is 0 Å². The molecule has 1 aromatic carbocycles. The number of fused-ring (bicyclic) bond motifs is 2. The largest absolute Gasteiger partial charge is 0.496 e. The van der Waals surface area contributed by atoms with Crippen LogP contribution in [-0.4, -0.2) is 39.0 Å². The quantitative estimate of drug-likeness (QED) is 0.515. The van der Waals surface area contributed by atoms with Gasteiger partial charge in [-0.2, -0.15) is 0 Å². The lowest BCUT2D eigenvalue weighted by molar-refractivity contribution is 0.124. The van der Waals surface area contributed by atoms with Crippen LogP contribution >= 0.6 is 11.3 Å². The molecule has 1 saturated carbocycles. The second-order valence-corrected chi connectivity index (χ2v) is 8.85. The number of methoxy groups -OCH3 is 1. The number of imidazole rings is 1. The van der Waals surface area contributed by atoms with E-state index in [0.717, 1.165) is 59.0 Å². The van der Waals surface area contributed by atoms with Gasteiger partial charge in [-0.15, -0.1) is 16.4 Å². The van der Waals surface area contributed by atoms with E-state index < -0.39 is 0 Å². The topological polar surface area (TPSA) is 71.7 Å². The Bertz CT molecular complexity index is 1180. The van der Waals surface area contributed by atoms with E-state index in [9.17, 15) is 5.11 Å². The van der Waals surface area contributed by atoms with Crippen molar-refractivity contribution in [3.63, 3.8) is 0 Å². The molecule has 3 aromatic heterocycles. The molecule has 1 fully saturated rings. The first-order chi connectivity index (χ1) is 14.1. The van der Waals surface area contributed by atoms with Crippen LogP contribution in [0, 0.1) is 6.92 Å². The molecule has 1 aliphatic rings. The Labute approximate surface area is 173 Å². The Morgan fingerprint density at radius 1 is 1.24 bits per heavy atom. The summed E-state index contributed by atoms with van der Waals surface area (Å²) in [7, 11) is 1.71. The number of thiophene rings is 1. The van der Waals surface area contributed by atoms with Crippen LogP contribution in [0.15, 0.2) is 36.5 Å². The van der Waals surface area contributed by atoms with E-state index in [1.165, 1.54) is 10.1 Å². The van der Waals surface area contributed by atoms with Gasteiger partial charge < -0.3 is 15.2 Å². The highest BCUT2D eigenvalue weighted by Gasteiger charge is 2.20. The van der Waals surface area contributed by atoms with E-state index >= 15 is 0 Å². The fourth-order valence-corrected chi connectivity index (χ4v) is 5.22. The fourth-order valence-electron chi connectivity index (χ4n) is 4.15. The summed E-state index contributed by atoms with van der Waals surface area (Å²) in [5.74, 6) is 1.72. The Kier molecular flexibility index (Phi) is 4.64. The number of ether oxygens (including phenoxy) is 1. The molecule has 5 rings (SSSR count). The maximum absolute atomic E-state index is 9.93. The molecule has 0 radical (unpaired) electrons. The van der Waals surface area contributed by atoms with Crippen molar-refractivity contribution in [3.8, 4) is 16.3 Å². The monoisotopic (exact) mass is 408 g/mol. The summed E-state index contributed by atoms with van der Waals surface area (Å²) < 4.78 is 8.55. The fraction of sp³-hybridized carbons (Fsp3) is 0.364. The van der Waals surface area contributed by atoms with Gasteiger partial charge in [-0.25, -0.2) is 9.50 Å². The lowest BCUT2D eigenvalue weighted by Crippen LogP contribution is -2.30. The number of anilines is 1. The zero-order chi connectivity index (χ0) is 20.0. The second kappa shape index (κ2) is 7.31. The minimum atomic E-state index is -0.215. The summed E-state index contributed by atoms with van der Waals surface area (Å²) in [4.78, 5) is 5.65. The smallest absolute Gasteiger partial charge is 0.154 e. The van der Waals surface area contributed by atoms with Crippen molar-refractivity contribution in [2.75, 3.05) is 12.4 Å². The van der Waals surface area contributed by atoms with Crippen LogP contribution in [-0.2, 0) is 0 Å². The molecule has 2 atom stereocenters. The highest BCUT2D eigenvalue weighted by atomic mass is 32.1. The molecule has 29 heavy (non-hydrogen) atoms. The Morgan fingerprint density at radius 2 is 2.14 bits per heavy atom. The van der Waals surface area contributed by atoms with Crippen LogP contribution in [0.5, 0.6) is 5.75 Å². The van der Waals surface area contributed by atoms with Gasteiger partial charge in [0.05, 0.1) is 24.3 Å². The molecule has 4 aromatic rings. The molecule has 0 unspecified atom stereocenters. The molecule has 0 saturated heterocycles. The molecule has 0 spiro atoms. The van der Waals surface area contributed by atoms with E-state index in [2.05, 4.69) is 35.4 Å².